The van der Waals surface area contributed by atoms with Gasteiger partial charge in [0.1, 0.15) is 0 Å². The van der Waals surface area contributed by atoms with Gasteiger partial charge < -0.3 is 11.1 Å². The molecule has 1 saturated carbocycles. The van der Waals surface area contributed by atoms with Gasteiger partial charge in [-0.25, -0.2) is 0 Å². The summed E-state index contributed by atoms with van der Waals surface area (Å²) in [5.41, 5.74) is 5.43. The molecule has 0 atom stereocenters. The van der Waals surface area contributed by atoms with Gasteiger partial charge in [0, 0.05) is 6.04 Å². The van der Waals surface area contributed by atoms with Gasteiger partial charge in [-0.2, -0.15) is 0 Å². The van der Waals surface area contributed by atoms with Crippen molar-refractivity contribution in [1.29, 1.82) is 0 Å². The van der Waals surface area contributed by atoms with Crippen molar-refractivity contribution in [1.82, 2.24) is 5.32 Å². The number of nitrogens with one attached hydrogen (secondary N) is 1. The van der Waals surface area contributed by atoms with Crippen LogP contribution in [0, 0.1) is 11.8 Å². The average molecular weight is 184 g/mol. The summed E-state index contributed by atoms with van der Waals surface area (Å²) >= 11 is 0. The van der Waals surface area contributed by atoms with Gasteiger partial charge in [-0.1, -0.05) is 13.8 Å². The predicted octanol–water partition coefficient (Wildman–Crippen LogP) is 1.75. The van der Waals surface area contributed by atoms with Crippen molar-refractivity contribution < 1.29 is 0 Å². The molecule has 1 fully saturated rings. The van der Waals surface area contributed by atoms with E-state index < -0.39 is 0 Å². The van der Waals surface area contributed by atoms with Gasteiger partial charge in [-0.15, -0.1) is 0 Å². The smallest absolute Gasteiger partial charge is 0.00725 e. The summed E-state index contributed by atoms with van der Waals surface area (Å²) in [6.07, 6.45) is 5.17. The molecule has 0 aromatic carbocycles. The number of nitrogens with two attached hydrogens (primary N) is 1. The molecule has 2 nitrogen and oxygen atoms in total. The van der Waals surface area contributed by atoms with E-state index in [1.54, 1.807) is 0 Å². The van der Waals surface area contributed by atoms with Gasteiger partial charge in [-0.05, 0) is 50.6 Å². The van der Waals surface area contributed by atoms with Crippen LogP contribution in [0.3, 0.4) is 0 Å². The van der Waals surface area contributed by atoms with Gasteiger partial charge >= 0.3 is 0 Å². The lowest BCUT2D eigenvalue weighted by Gasteiger charge is -2.38. The third-order valence-corrected chi connectivity index (χ3v) is 3.18. The molecule has 78 valence electrons. The normalized spacial score (nSPS) is 27.7. The molecule has 3 N–H and O–H groups in total. The highest BCUT2D eigenvalue weighted by molar-refractivity contribution is 4.86. The topological polar surface area (TPSA) is 38.0 Å². The van der Waals surface area contributed by atoms with Gasteiger partial charge in [0.15, 0.2) is 0 Å². The molecule has 0 aromatic heterocycles. The van der Waals surface area contributed by atoms with Crippen LogP contribution in [-0.2, 0) is 0 Å². The lowest BCUT2D eigenvalue weighted by molar-refractivity contribution is 0.168. The Morgan fingerprint density at radius 3 is 2.54 bits per heavy atom. The molecule has 1 rings (SSSR count). The Bertz CT molecular complexity index is 128. The molecule has 0 heterocycles. The van der Waals surface area contributed by atoms with E-state index >= 15 is 0 Å². The fraction of sp³-hybridized carbons (Fsp3) is 1.00. The number of hydrogen-bond acceptors (Lipinski definition) is 2. The van der Waals surface area contributed by atoms with Crippen molar-refractivity contribution in [2.24, 2.45) is 17.6 Å². The summed E-state index contributed by atoms with van der Waals surface area (Å²) in [6.45, 7) is 6.65. The van der Waals surface area contributed by atoms with Gasteiger partial charge in [0.25, 0.3) is 0 Å². The molecule has 0 spiro atoms. The number of unbranched alkanes of at least 4 members (excludes halogenated alkanes) is 1. The van der Waals surface area contributed by atoms with Crippen LogP contribution in [0.15, 0.2) is 0 Å². The van der Waals surface area contributed by atoms with Crippen molar-refractivity contribution in [3.8, 4) is 0 Å². The molecule has 0 unspecified atom stereocenters. The molecule has 0 saturated heterocycles. The summed E-state index contributed by atoms with van der Waals surface area (Å²) in [4.78, 5) is 0. The van der Waals surface area contributed by atoms with E-state index in [4.69, 9.17) is 5.73 Å². The first-order valence-electron chi connectivity index (χ1n) is 5.67. The second kappa shape index (κ2) is 5.61. The van der Waals surface area contributed by atoms with Crippen molar-refractivity contribution in [2.75, 3.05) is 13.1 Å². The first-order chi connectivity index (χ1) is 6.24. The lowest BCUT2D eigenvalue weighted by atomic mass is 9.74. The Morgan fingerprint density at radius 1 is 1.31 bits per heavy atom. The first kappa shape index (κ1) is 11.0. The SMILES string of the molecule is CC(C)C1CC(NCCCCN)C1. The van der Waals surface area contributed by atoms with E-state index in [0.29, 0.717) is 0 Å². The zero-order valence-corrected chi connectivity index (χ0v) is 9.05. The molecule has 0 aromatic rings. The number of rotatable bonds is 6. The van der Waals surface area contributed by atoms with Crippen LogP contribution in [0.5, 0.6) is 0 Å². The lowest BCUT2D eigenvalue weighted by Crippen LogP contribution is -2.43. The predicted molar refractivity (Wildman–Crippen MR) is 57.6 cm³/mol. The van der Waals surface area contributed by atoms with Crippen molar-refractivity contribution in [3.63, 3.8) is 0 Å². The van der Waals surface area contributed by atoms with E-state index in [0.717, 1.165) is 37.4 Å². The fourth-order valence-corrected chi connectivity index (χ4v) is 1.95. The summed E-state index contributed by atoms with van der Waals surface area (Å²) in [6, 6.07) is 0.810. The molecule has 0 aliphatic heterocycles. The minimum Gasteiger partial charge on any atom is -0.330 e. The molecule has 0 radical (unpaired) electrons. The van der Waals surface area contributed by atoms with Crippen LogP contribution in [-0.4, -0.2) is 19.1 Å². The van der Waals surface area contributed by atoms with E-state index in [2.05, 4.69) is 19.2 Å². The average Bonchev–Trinajstić information content (AvgIpc) is 2.00. The summed E-state index contributed by atoms with van der Waals surface area (Å²) in [5.74, 6) is 1.86. The van der Waals surface area contributed by atoms with Crippen LogP contribution < -0.4 is 11.1 Å². The van der Waals surface area contributed by atoms with Crippen molar-refractivity contribution >= 4 is 0 Å². The van der Waals surface area contributed by atoms with E-state index in [9.17, 15) is 0 Å². The van der Waals surface area contributed by atoms with Crippen molar-refractivity contribution in [2.45, 2.75) is 45.6 Å². The first-order valence-corrected chi connectivity index (χ1v) is 5.67. The Kier molecular flexibility index (Phi) is 4.74. The minimum absolute atomic E-state index is 0.810. The second-order valence-electron chi connectivity index (χ2n) is 4.62. The minimum atomic E-state index is 0.810. The Balaban J connectivity index is 1.90. The quantitative estimate of drug-likeness (QED) is 0.617. The molecular weight excluding hydrogens is 160 g/mol. The van der Waals surface area contributed by atoms with Crippen LogP contribution in [0.4, 0.5) is 0 Å². The highest BCUT2D eigenvalue weighted by Gasteiger charge is 2.30. The highest BCUT2D eigenvalue weighted by atomic mass is 14.9. The molecule has 1 aliphatic rings. The molecule has 1 aliphatic carbocycles. The maximum absolute atomic E-state index is 5.43. The second-order valence-corrected chi connectivity index (χ2v) is 4.62. The molecule has 13 heavy (non-hydrogen) atoms. The molecule has 0 amide bonds. The summed E-state index contributed by atoms with van der Waals surface area (Å²) < 4.78 is 0. The third kappa shape index (κ3) is 3.65. The van der Waals surface area contributed by atoms with Crippen molar-refractivity contribution in [3.05, 3.63) is 0 Å². The maximum Gasteiger partial charge on any atom is 0.00725 e. The van der Waals surface area contributed by atoms with Gasteiger partial charge in [-0.3, -0.25) is 0 Å². The zero-order chi connectivity index (χ0) is 9.68. The number of hydrogen-bond donors (Lipinski definition) is 2. The standard InChI is InChI=1S/C11H24N2/c1-9(2)10-7-11(8-10)13-6-4-3-5-12/h9-11,13H,3-8,12H2,1-2H3. The fourth-order valence-electron chi connectivity index (χ4n) is 1.95. The van der Waals surface area contributed by atoms with E-state index in [-0.39, 0.29) is 0 Å². The van der Waals surface area contributed by atoms with Crippen LogP contribution in [0.1, 0.15) is 39.5 Å². The Morgan fingerprint density at radius 2 is 2.00 bits per heavy atom. The monoisotopic (exact) mass is 184 g/mol. The highest BCUT2D eigenvalue weighted by Crippen LogP contribution is 2.33. The van der Waals surface area contributed by atoms with E-state index in [1.165, 1.54) is 19.3 Å². The summed E-state index contributed by atoms with van der Waals surface area (Å²) in [7, 11) is 0. The van der Waals surface area contributed by atoms with Crippen LogP contribution >= 0.6 is 0 Å². The van der Waals surface area contributed by atoms with Crippen LogP contribution in [0.25, 0.3) is 0 Å². The Hall–Kier alpha value is -0.0800. The Labute approximate surface area is 82.3 Å². The molecular formula is C11H24N2. The largest absolute Gasteiger partial charge is 0.330 e. The maximum atomic E-state index is 5.43. The molecule has 2 heteroatoms. The van der Waals surface area contributed by atoms with Gasteiger partial charge in [0.2, 0.25) is 0 Å². The van der Waals surface area contributed by atoms with Gasteiger partial charge in [0.05, 0.1) is 0 Å². The van der Waals surface area contributed by atoms with E-state index in [1.807, 2.05) is 0 Å². The summed E-state index contributed by atoms with van der Waals surface area (Å²) in [5, 5.41) is 3.58. The molecule has 0 bridgehead atoms. The third-order valence-electron chi connectivity index (χ3n) is 3.18. The van der Waals surface area contributed by atoms with Crippen LogP contribution in [0.2, 0.25) is 0 Å². The zero-order valence-electron chi connectivity index (χ0n) is 9.05.